The highest BCUT2D eigenvalue weighted by Gasteiger charge is 2.18. The summed E-state index contributed by atoms with van der Waals surface area (Å²) in [4.78, 5) is 36.4. The Labute approximate surface area is 204 Å². The van der Waals surface area contributed by atoms with Gasteiger partial charge in [-0.2, -0.15) is 0 Å². The highest BCUT2D eigenvalue weighted by molar-refractivity contribution is 6.05. The lowest BCUT2D eigenvalue weighted by Gasteiger charge is -2.17. The zero-order valence-electron chi connectivity index (χ0n) is 20.5. The Bertz CT molecular complexity index is 1390. The second-order valence-corrected chi connectivity index (χ2v) is 8.77. The van der Waals surface area contributed by atoms with Crippen LogP contribution in [-0.4, -0.2) is 73.4 Å². The molecule has 0 aliphatic rings. The van der Waals surface area contributed by atoms with Crippen LogP contribution in [0.5, 0.6) is 5.75 Å². The minimum atomic E-state index is -0.197. The lowest BCUT2D eigenvalue weighted by molar-refractivity contribution is -0.116. The normalized spacial score (nSPS) is 11.0. The van der Waals surface area contributed by atoms with Crippen LogP contribution in [0.25, 0.3) is 33.3 Å². The summed E-state index contributed by atoms with van der Waals surface area (Å²) < 4.78 is 5.55. The number of aromatic amines is 1. The molecule has 0 atom stereocenters. The molecule has 0 bridgehead atoms. The van der Waals surface area contributed by atoms with E-state index < -0.39 is 0 Å². The van der Waals surface area contributed by atoms with Gasteiger partial charge in [0, 0.05) is 48.6 Å². The summed E-state index contributed by atoms with van der Waals surface area (Å²) in [7, 11) is 8.66. The number of methoxy groups -OCH3 is 1. The van der Waals surface area contributed by atoms with Crippen LogP contribution in [0, 0.1) is 0 Å². The van der Waals surface area contributed by atoms with E-state index in [0.717, 1.165) is 39.0 Å². The topological polar surface area (TPSA) is 90.6 Å². The summed E-state index contributed by atoms with van der Waals surface area (Å²) in [5.41, 5.74) is 5.26. The van der Waals surface area contributed by atoms with Crippen molar-refractivity contribution in [3.63, 3.8) is 0 Å². The maximum atomic E-state index is 13.0. The maximum absolute atomic E-state index is 13.0. The summed E-state index contributed by atoms with van der Waals surface area (Å²) >= 11 is 0. The van der Waals surface area contributed by atoms with Gasteiger partial charge in [0.15, 0.2) is 0 Å². The second-order valence-electron chi connectivity index (χ2n) is 8.77. The SMILES string of the molecule is COc1ccccc1-c1c[nH]c2ncc(-c3ccc(NC(=O)CN(C)C)c(C(=O)N(C)C)c3)cc12. The fourth-order valence-electron chi connectivity index (χ4n) is 3.98. The Morgan fingerprint density at radius 3 is 2.49 bits per heavy atom. The third-order valence-electron chi connectivity index (χ3n) is 5.65. The highest BCUT2D eigenvalue weighted by atomic mass is 16.5. The number of hydrogen-bond acceptors (Lipinski definition) is 5. The Morgan fingerprint density at radius 1 is 1.00 bits per heavy atom. The van der Waals surface area contributed by atoms with Crippen LogP contribution in [0.3, 0.4) is 0 Å². The average molecular weight is 472 g/mol. The first-order valence-electron chi connectivity index (χ1n) is 11.2. The molecule has 180 valence electrons. The van der Waals surface area contributed by atoms with Crippen LogP contribution in [-0.2, 0) is 4.79 Å². The fraction of sp³-hybridized carbons (Fsp3) is 0.222. The quantitative estimate of drug-likeness (QED) is 0.423. The largest absolute Gasteiger partial charge is 0.496 e. The minimum Gasteiger partial charge on any atom is -0.496 e. The maximum Gasteiger partial charge on any atom is 0.255 e. The number of anilines is 1. The number of nitrogens with one attached hydrogen (secondary N) is 2. The zero-order valence-corrected chi connectivity index (χ0v) is 20.5. The van der Waals surface area contributed by atoms with Gasteiger partial charge >= 0.3 is 0 Å². The number of para-hydroxylation sites is 1. The van der Waals surface area contributed by atoms with E-state index in [0.29, 0.717) is 11.3 Å². The van der Waals surface area contributed by atoms with Crippen molar-refractivity contribution < 1.29 is 14.3 Å². The lowest BCUT2D eigenvalue weighted by Crippen LogP contribution is -2.29. The number of benzene rings is 2. The van der Waals surface area contributed by atoms with Gasteiger partial charge in [0.2, 0.25) is 5.91 Å². The molecule has 0 aliphatic carbocycles. The third kappa shape index (κ3) is 5.02. The van der Waals surface area contributed by atoms with Crippen molar-refractivity contribution in [1.29, 1.82) is 0 Å². The van der Waals surface area contributed by atoms with Gasteiger partial charge in [-0.1, -0.05) is 24.3 Å². The Hall–Kier alpha value is -4.17. The standard InChI is InChI=1S/C27H29N5O3/c1-31(2)16-25(33)30-23-11-10-17(12-21(23)27(34)32(3)4)18-13-20-22(15-29-26(20)28-14-18)19-8-6-7-9-24(19)35-5/h6-15H,16H2,1-5H3,(H,28,29)(H,30,33). The number of aromatic nitrogens is 2. The Balaban J connectivity index is 1.78. The van der Waals surface area contributed by atoms with E-state index in [2.05, 4.69) is 15.3 Å². The Kier molecular flexibility index (Phi) is 6.84. The number of nitrogens with zero attached hydrogens (tertiary/aromatic N) is 3. The Morgan fingerprint density at radius 2 is 1.77 bits per heavy atom. The number of hydrogen-bond donors (Lipinski definition) is 2. The first-order valence-corrected chi connectivity index (χ1v) is 11.2. The number of pyridine rings is 1. The first-order chi connectivity index (χ1) is 16.8. The second kappa shape index (κ2) is 9.99. The van der Waals surface area contributed by atoms with Gasteiger partial charge in [-0.15, -0.1) is 0 Å². The molecule has 35 heavy (non-hydrogen) atoms. The van der Waals surface area contributed by atoms with E-state index in [1.54, 1.807) is 44.4 Å². The van der Waals surface area contributed by atoms with Crippen molar-refractivity contribution in [3.05, 3.63) is 66.5 Å². The third-order valence-corrected chi connectivity index (χ3v) is 5.65. The lowest BCUT2D eigenvalue weighted by atomic mass is 9.99. The molecular weight excluding hydrogens is 442 g/mol. The van der Waals surface area contributed by atoms with Gasteiger partial charge in [0.1, 0.15) is 11.4 Å². The van der Waals surface area contributed by atoms with Crippen molar-refractivity contribution in [2.45, 2.75) is 0 Å². The number of amides is 2. The predicted molar refractivity (Wildman–Crippen MR) is 139 cm³/mol. The van der Waals surface area contributed by atoms with E-state index in [4.69, 9.17) is 4.74 Å². The van der Waals surface area contributed by atoms with Crippen molar-refractivity contribution in [2.75, 3.05) is 47.2 Å². The van der Waals surface area contributed by atoms with Crippen LogP contribution in [0.15, 0.2) is 60.9 Å². The van der Waals surface area contributed by atoms with Crippen LogP contribution in [0.4, 0.5) is 5.69 Å². The smallest absolute Gasteiger partial charge is 0.255 e. The van der Waals surface area contributed by atoms with Gasteiger partial charge in [-0.3, -0.25) is 9.59 Å². The molecule has 0 radical (unpaired) electrons. The monoisotopic (exact) mass is 471 g/mol. The molecule has 8 nitrogen and oxygen atoms in total. The first kappa shape index (κ1) is 24.0. The van der Waals surface area contributed by atoms with Crippen molar-refractivity contribution in [2.24, 2.45) is 0 Å². The zero-order chi connectivity index (χ0) is 25.1. The molecule has 0 saturated heterocycles. The average Bonchev–Trinajstić information content (AvgIpc) is 3.26. The number of carbonyl (C=O) groups excluding carboxylic acids is 2. The summed E-state index contributed by atoms with van der Waals surface area (Å²) in [6, 6.07) is 15.3. The summed E-state index contributed by atoms with van der Waals surface area (Å²) in [5, 5.41) is 3.80. The number of ether oxygens (including phenoxy) is 1. The van der Waals surface area contributed by atoms with E-state index >= 15 is 0 Å². The van der Waals surface area contributed by atoms with Gasteiger partial charge in [0.25, 0.3) is 5.91 Å². The van der Waals surface area contributed by atoms with Crippen LogP contribution < -0.4 is 10.1 Å². The number of H-pyrrole nitrogens is 1. The minimum absolute atomic E-state index is 0.188. The number of fused-ring (bicyclic) bond motifs is 1. The highest BCUT2D eigenvalue weighted by Crippen LogP contribution is 2.36. The molecule has 0 aliphatic heterocycles. The molecule has 2 aromatic heterocycles. The molecule has 0 unspecified atom stereocenters. The van der Waals surface area contributed by atoms with E-state index in [-0.39, 0.29) is 18.4 Å². The molecule has 4 aromatic rings. The number of carbonyl (C=O) groups is 2. The van der Waals surface area contributed by atoms with Gasteiger partial charge in [-0.05, 0) is 43.9 Å². The number of likely N-dealkylation sites (N-methyl/N-ethyl adjacent to an activating group) is 1. The van der Waals surface area contributed by atoms with Gasteiger partial charge in [0.05, 0.1) is 24.9 Å². The van der Waals surface area contributed by atoms with Gasteiger partial charge in [-0.25, -0.2) is 4.98 Å². The van der Waals surface area contributed by atoms with Crippen molar-refractivity contribution in [1.82, 2.24) is 19.8 Å². The fourth-order valence-corrected chi connectivity index (χ4v) is 3.98. The molecule has 8 heteroatoms. The molecule has 2 heterocycles. The summed E-state index contributed by atoms with van der Waals surface area (Å²) in [6.45, 7) is 0.219. The van der Waals surface area contributed by atoms with Crippen LogP contribution >= 0.6 is 0 Å². The van der Waals surface area contributed by atoms with Crippen molar-refractivity contribution in [3.8, 4) is 28.0 Å². The van der Waals surface area contributed by atoms with E-state index in [9.17, 15) is 9.59 Å². The molecule has 0 saturated carbocycles. The van der Waals surface area contributed by atoms with Crippen LogP contribution in [0.2, 0.25) is 0 Å². The molecule has 0 fully saturated rings. The van der Waals surface area contributed by atoms with Crippen molar-refractivity contribution >= 4 is 28.5 Å². The van der Waals surface area contributed by atoms with Gasteiger partial charge < -0.3 is 24.8 Å². The number of rotatable bonds is 7. The predicted octanol–water partition coefficient (Wildman–Crippen LogP) is 4.11. The van der Waals surface area contributed by atoms with Crippen LogP contribution in [0.1, 0.15) is 10.4 Å². The molecule has 4 rings (SSSR count). The van der Waals surface area contributed by atoms with E-state index in [1.165, 1.54) is 4.90 Å². The summed E-state index contributed by atoms with van der Waals surface area (Å²) in [5.74, 6) is 0.389. The molecule has 0 spiro atoms. The molecule has 2 N–H and O–H groups in total. The molecule has 2 amide bonds. The molecule has 2 aromatic carbocycles. The van der Waals surface area contributed by atoms with E-state index in [1.807, 2.05) is 56.7 Å². The molecular formula is C27H29N5O3. The summed E-state index contributed by atoms with van der Waals surface area (Å²) in [6.07, 6.45) is 3.69.